The standard InChI is InChI=1S/C23H19ClN4O3/c1-15(29)25-17-9-11-19(12-10-17)28-21(30)14-27-13-3-2-4-20(27)22(28)23(31)26-18-7-5-16(24)6-8-18/h2-13,22H,14H2,1H3,(H-,25,26,29,31)/p+1/t22-/m0/s1. The van der Waals surface area contributed by atoms with E-state index < -0.39 is 6.04 Å². The minimum atomic E-state index is -0.871. The second-order valence-corrected chi connectivity index (χ2v) is 7.58. The van der Waals surface area contributed by atoms with E-state index in [0.29, 0.717) is 27.8 Å². The number of pyridine rings is 1. The number of benzene rings is 2. The first-order chi connectivity index (χ1) is 14.9. The number of fused-ring (bicyclic) bond motifs is 1. The number of hydrogen-bond acceptors (Lipinski definition) is 3. The van der Waals surface area contributed by atoms with E-state index in [0.717, 1.165) is 0 Å². The highest BCUT2D eigenvalue weighted by Crippen LogP contribution is 2.31. The SMILES string of the molecule is CC(=O)Nc1ccc(N2C(=O)C[n+]3ccccc3[C@H]2C(=O)Nc2ccc(Cl)cc2)cc1. The lowest BCUT2D eigenvalue weighted by Crippen LogP contribution is -2.58. The molecule has 0 bridgehead atoms. The van der Waals surface area contributed by atoms with Crippen LogP contribution in [0.3, 0.4) is 0 Å². The Bertz CT molecular complexity index is 1150. The molecule has 3 aromatic rings. The van der Waals surface area contributed by atoms with Crippen LogP contribution in [0.15, 0.2) is 72.9 Å². The van der Waals surface area contributed by atoms with Crippen molar-refractivity contribution >= 4 is 46.4 Å². The van der Waals surface area contributed by atoms with Crippen molar-refractivity contribution in [3.8, 4) is 0 Å². The first kappa shape index (κ1) is 20.6. The van der Waals surface area contributed by atoms with E-state index in [9.17, 15) is 14.4 Å². The number of carbonyl (C=O) groups is 3. The Hall–Kier alpha value is -3.71. The molecule has 1 aliphatic rings. The van der Waals surface area contributed by atoms with Gasteiger partial charge in [-0.25, -0.2) is 0 Å². The van der Waals surface area contributed by atoms with Gasteiger partial charge in [-0.1, -0.05) is 17.7 Å². The second kappa shape index (κ2) is 8.57. The Morgan fingerprint density at radius 2 is 1.61 bits per heavy atom. The molecule has 0 radical (unpaired) electrons. The third-order valence-electron chi connectivity index (χ3n) is 4.91. The zero-order valence-corrected chi connectivity index (χ0v) is 17.5. The monoisotopic (exact) mass is 435 g/mol. The predicted octanol–water partition coefficient (Wildman–Crippen LogP) is 3.31. The van der Waals surface area contributed by atoms with Crippen molar-refractivity contribution in [3.05, 3.63) is 83.6 Å². The summed E-state index contributed by atoms with van der Waals surface area (Å²) >= 11 is 5.94. The Labute approximate surface area is 184 Å². The summed E-state index contributed by atoms with van der Waals surface area (Å²) in [6.45, 7) is 1.54. The minimum absolute atomic E-state index is 0.119. The van der Waals surface area contributed by atoms with Crippen molar-refractivity contribution in [2.75, 3.05) is 15.5 Å². The van der Waals surface area contributed by atoms with Crippen LogP contribution in [0.1, 0.15) is 18.7 Å². The third-order valence-corrected chi connectivity index (χ3v) is 5.17. The molecule has 8 heteroatoms. The zero-order valence-electron chi connectivity index (χ0n) is 16.7. The fraction of sp³-hybridized carbons (Fsp3) is 0.130. The van der Waals surface area contributed by atoms with Crippen LogP contribution in [0.2, 0.25) is 5.02 Å². The summed E-state index contributed by atoms with van der Waals surface area (Å²) in [6.07, 6.45) is 1.78. The number of halogens is 1. The lowest BCUT2D eigenvalue weighted by Gasteiger charge is -2.32. The van der Waals surface area contributed by atoms with Gasteiger partial charge in [0, 0.05) is 41.1 Å². The quantitative estimate of drug-likeness (QED) is 0.617. The molecule has 7 nitrogen and oxygen atoms in total. The van der Waals surface area contributed by atoms with Crippen molar-refractivity contribution < 1.29 is 19.0 Å². The molecule has 1 atom stereocenters. The van der Waals surface area contributed by atoms with Crippen molar-refractivity contribution in [1.29, 1.82) is 0 Å². The summed E-state index contributed by atoms with van der Waals surface area (Å²) in [5.41, 5.74) is 2.44. The lowest BCUT2D eigenvalue weighted by molar-refractivity contribution is -0.695. The number of rotatable bonds is 4. The average Bonchev–Trinajstić information content (AvgIpc) is 2.74. The molecule has 156 valence electrons. The van der Waals surface area contributed by atoms with Crippen molar-refractivity contribution in [3.63, 3.8) is 0 Å². The van der Waals surface area contributed by atoms with Crippen molar-refractivity contribution in [1.82, 2.24) is 0 Å². The van der Waals surface area contributed by atoms with Gasteiger partial charge in [0.2, 0.25) is 24.2 Å². The number of carbonyl (C=O) groups excluding carboxylic acids is 3. The molecule has 2 aromatic carbocycles. The largest absolute Gasteiger partial charge is 0.326 e. The molecule has 0 fully saturated rings. The van der Waals surface area contributed by atoms with Gasteiger partial charge in [-0.15, -0.1) is 0 Å². The molecule has 1 aromatic heterocycles. The van der Waals surface area contributed by atoms with Crippen LogP contribution >= 0.6 is 11.6 Å². The van der Waals surface area contributed by atoms with Gasteiger partial charge in [0.05, 0.1) is 0 Å². The molecule has 2 heterocycles. The first-order valence-corrected chi connectivity index (χ1v) is 10.0. The lowest BCUT2D eigenvalue weighted by atomic mass is 10.0. The molecule has 0 unspecified atom stereocenters. The predicted molar refractivity (Wildman–Crippen MR) is 118 cm³/mol. The highest BCUT2D eigenvalue weighted by Gasteiger charge is 2.43. The molecule has 31 heavy (non-hydrogen) atoms. The maximum Gasteiger partial charge on any atom is 0.294 e. The zero-order chi connectivity index (χ0) is 22.0. The summed E-state index contributed by atoms with van der Waals surface area (Å²) in [7, 11) is 0. The topological polar surface area (TPSA) is 82.4 Å². The van der Waals surface area contributed by atoms with Crippen LogP contribution in [0, 0.1) is 0 Å². The van der Waals surface area contributed by atoms with Gasteiger partial charge < -0.3 is 10.6 Å². The normalized spacial score (nSPS) is 15.2. The Morgan fingerprint density at radius 1 is 0.968 bits per heavy atom. The number of nitrogens with one attached hydrogen (secondary N) is 2. The summed E-state index contributed by atoms with van der Waals surface area (Å²) in [4.78, 5) is 39.2. The molecule has 0 aliphatic carbocycles. The molecular formula is C23H20ClN4O3+. The number of aromatic nitrogens is 1. The van der Waals surface area contributed by atoms with Crippen LogP contribution in [-0.2, 0) is 20.9 Å². The third kappa shape index (κ3) is 4.41. The highest BCUT2D eigenvalue weighted by molar-refractivity contribution is 6.30. The maximum atomic E-state index is 13.3. The van der Waals surface area contributed by atoms with Crippen LogP contribution in [-0.4, -0.2) is 17.7 Å². The second-order valence-electron chi connectivity index (χ2n) is 7.14. The van der Waals surface area contributed by atoms with Gasteiger partial charge in [-0.2, -0.15) is 4.57 Å². The summed E-state index contributed by atoms with van der Waals surface area (Å²) < 4.78 is 1.77. The van der Waals surface area contributed by atoms with E-state index in [1.165, 1.54) is 11.8 Å². The number of hydrogen-bond donors (Lipinski definition) is 2. The van der Waals surface area contributed by atoms with Crippen LogP contribution in [0.5, 0.6) is 0 Å². The molecule has 0 spiro atoms. The minimum Gasteiger partial charge on any atom is -0.326 e. The number of nitrogens with zero attached hydrogens (tertiary/aromatic N) is 2. The molecular weight excluding hydrogens is 416 g/mol. The van der Waals surface area contributed by atoms with E-state index in [4.69, 9.17) is 11.6 Å². The fourth-order valence-corrected chi connectivity index (χ4v) is 3.70. The van der Waals surface area contributed by atoms with E-state index >= 15 is 0 Å². The molecule has 4 rings (SSSR count). The Morgan fingerprint density at radius 3 is 2.29 bits per heavy atom. The highest BCUT2D eigenvalue weighted by atomic mass is 35.5. The van der Waals surface area contributed by atoms with E-state index in [1.807, 2.05) is 18.2 Å². The van der Waals surface area contributed by atoms with Crippen LogP contribution in [0.25, 0.3) is 0 Å². The Kier molecular flexibility index (Phi) is 5.68. The van der Waals surface area contributed by atoms with Crippen LogP contribution in [0.4, 0.5) is 17.1 Å². The molecule has 1 aliphatic heterocycles. The van der Waals surface area contributed by atoms with E-state index in [-0.39, 0.29) is 24.3 Å². The van der Waals surface area contributed by atoms with Gasteiger partial charge in [0.25, 0.3) is 11.8 Å². The molecule has 0 saturated carbocycles. The van der Waals surface area contributed by atoms with Gasteiger partial charge >= 0.3 is 0 Å². The number of anilines is 3. The molecule has 3 amide bonds. The van der Waals surface area contributed by atoms with Gasteiger partial charge in [0.1, 0.15) is 0 Å². The van der Waals surface area contributed by atoms with E-state index in [1.54, 1.807) is 59.3 Å². The Balaban J connectivity index is 1.71. The summed E-state index contributed by atoms with van der Waals surface area (Å²) in [5, 5.41) is 6.13. The van der Waals surface area contributed by atoms with Crippen molar-refractivity contribution in [2.24, 2.45) is 0 Å². The number of amides is 3. The van der Waals surface area contributed by atoms with Crippen LogP contribution < -0.4 is 20.1 Å². The van der Waals surface area contributed by atoms with Gasteiger partial charge in [-0.05, 0) is 48.5 Å². The maximum absolute atomic E-state index is 13.3. The fourth-order valence-electron chi connectivity index (χ4n) is 3.58. The summed E-state index contributed by atoms with van der Waals surface area (Å²) in [5.74, 6) is -0.749. The van der Waals surface area contributed by atoms with Crippen molar-refractivity contribution in [2.45, 2.75) is 19.5 Å². The van der Waals surface area contributed by atoms with E-state index in [2.05, 4.69) is 10.6 Å². The smallest absolute Gasteiger partial charge is 0.294 e. The van der Waals surface area contributed by atoms with Gasteiger partial charge in [0.15, 0.2) is 6.20 Å². The molecule has 0 saturated heterocycles. The summed E-state index contributed by atoms with van der Waals surface area (Å²) in [6, 6.07) is 18.2. The van der Waals surface area contributed by atoms with Gasteiger partial charge in [-0.3, -0.25) is 19.3 Å². The first-order valence-electron chi connectivity index (χ1n) is 9.67. The average molecular weight is 436 g/mol. The molecule has 2 N–H and O–H groups in total.